The van der Waals surface area contributed by atoms with Gasteiger partial charge in [0.15, 0.2) is 0 Å². The first kappa shape index (κ1) is 19.2. The molecule has 0 fully saturated rings. The largest absolute Gasteiger partial charge is 0.481 e. The van der Waals surface area contributed by atoms with Crippen molar-refractivity contribution in [3.05, 3.63) is 73.3 Å². The molecule has 0 saturated carbocycles. The van der Waals surface area contributed by atoms with E-state index in [-0.39, 0.29) is 11.5 Å². The quantitative estimate of drug-likeness (QED) is 0.610. The van der Waals surface area contributed by atoms with E-state index in [0.717, 1.165) is 10.4 Å². The van der Waals surface area contributed by atoms with Crippen LogP contribution in [0.4, 0.5) is 0 Å². The summed E-state index contributed by atoms with van der Waals surface area (Å²) in [6.45, 7) is 10.3. The van der Waals surface area contributed by atoms with Crippen LogP contribution in [0.15, 0.2) is 73.3 Å². The summed E-state index contributed by atoms with van der Waals surface area (Å²) in [5.74, 6) is -0.886. The lowest BCUT2D eigenvalue weighted by Crippen LogP contribution is -2.67. The second kappa shape index (κ2) is 7.81. The number of rotatable bonds is 7. The Morgan fingerprint density at radius 3 is 1.84 bits per heavy atom. The predicted molar refractivity (Wildman–Crippen MR) is 105 cm³/mol. The van der Waals surface area contributed by atoms with Crippen LogP contribution in [0.3, 0.4) is 0 Å². The molecule has 0 amide bonds. The van der Waals surface area contributed by atoms with E-state index >= 15 is 0 Å². The molecule has 0 aliphatic heterocycles. The van der Waals surface area contributed by atoms with E-state index in [1.807, 2.05) is 36.4 Å². The maximum Gasteiger partial charge on any atom is 0.306 e. The van der Waals surface area contributed by atoms with Crippen LogP contribution < -0.4 is 10.4 Å². The standard InChI is InChI=1S/C21H26O3Si/c1-5-17(16-20(22)23)24-25(21(2,3)4,18-12-8-6-9-13-18)19-14-10-7-11-15-19/h5-15,17H,1,16H2,2-4H3,(H,22,23). The van der Waals surface area contributed by atoms with E-state index < -0.39 is 20.4 Å². The van der Waals surface area contributed by atoms with E-state index in [1.54, 1.807) is 6.08 Å². The Morgan fingerprint density at radius 1 is 1.08 bits per heavy atom. The molecule has 0 aliphatic carbocycles. The highest BCUT2D eigenvalue weighted by molar-refractivity contribution is 6.99. The van der Waals surface area contributed by atoms with Crippen molar-refractivity contribution < 1.29 is 14.3 Å². The molecule has 2 aromatic rings. The van der Waals surface area contributed by atoms with E-state index in [2.05, 4.69) is 51.6 Å². The van der Waals surface area contributed by atoms with Gasteiger partial charge in [0.1, 0.15) is 0 Å². The zero-order chi connectivity index (χ0) is 18.5. The zero-order valence-electron chi connectivity index (χ0n) is 15.1. The molecule has 1 N–H and O–H groups in total. The fourth-order valence-electron chi connectivity index (χ4n) is 3.26. The first-order valence-electron chi connectivity index (χ1n) is 8.44. The van der Waals surface area contributed by atoms with Crippen LogP contribution >= 0.6 is 0 Å². The highest BCUT2D eigenvalue weighted by atomic mass is 28.4. The van der Waals surface area contributed by atoms with Gasteiger partial charge in [0.05, 0.1) is 12.5 Å². The third kappa shape index (κ3) is 4.09. The van der Waals surface area contributed by atoms with Crippen molar-refractivity contribution in [3.63, 3.8) is 0 Å². The van der Waals surface area contributed by atoms with Crippen molar-refractivity contribution in [2.75, 3.05) is 0 Å². The van der Waals surface area contributed by atoms with Crippen LogP contribution in [-0.2, 0) is 9.22 Å². The summed E-state index contributed by atoms with van der Waals surface area (Å²) in [6, 6.07) is 20.4. The van der Waals surface area contributed by atoms with E-state index in [4.69, 9.17) is 4.43 Å². The average molecular weight is 355 g/mol. The Labute approximate surface area is 151 Å². The Hall–Kier alpha value is -2.17. The molecule has 132 valence electrons. The van der Waals surface area contributed by atoms with Gasteiger partial charge in [-0.25, -0.2) is 0 Å². The number of carboxylic acids is 1. The normalized spacial score (nSPS) is 13.2. The number of hydrogen-bond acceptors (Lipinski definition) is 2. The van der Waals surface area contributed by atoms with Crippen LogP contribution in [-0.4, -0.2) is 25.5 Å². The highest BCUT2D eigenvalue weighted by Gasteiger charge is 2.51. The van der Waals surface area contributed by atoms with Gasteiger partial charge in [-0.2, -0.15) is 0 Å². The summed E-state index contributed by atoms with van der Waals surface area (Å²) in [5.41, 5.74) is 0. The fraction of sp³-hybridized carbons (Fsp3) is 0.286. The molecule has 2 rings (SSSR count). The Bertz CT molecular complexity index is 665. The highest BCUT2D eigenvalue weighted by Crippen LogP contribution is 2.37. The van der Waals surface area contributed by atoms with Crippen molar-refractivity contribution in [1.29, 1.82) is 0 Å². The second-order valence-corrected chi connectivity index (χ2v) is 11.4. The first-order valence-corrected chi connectivity index (χ1v) is 10.4. The molecule has 1 unspecified atom stereocenters. The Balaban J connectivity index is 2.68. The molecule has 0 heterocycles. The molecule has 0 saturated heterocycles. The van der Waals surface area contributed by atoms with Gasteiger partial charge in [-0.05, 0) is 15.4 Å². The summed E-state index contributed by atoms with van der Waals surface area (Å²) in [5, 5.41) is 11.3. The van der Waals surface area contributed by atoms with Gasteiger partial charge in [0, 0.05) is 0 Å². The average Bonchev–Trinajstić information content (AvgIpc) is 2.58. The smallest absolute Gasteiger partial charge is 0.306 e. The van der Waals surface area contributed by atoms with Gasteiger partial charge < -0.3 is 9.53 Å². The monoisotopic (exact) mass is 354 g/mol. The maximum atomic E-state index is 11.3. The lowest BCUT2D eigenvalue weighted by molar-refractivity contribution is -0.138. The van der Waals surface area contributed by atoms with Crippen molar-refractivity contribution in [3.8, 4) is 0 Å². The molecule has 3 nitrogen and oxygen atoms in total. The topological polar surface area (TPSA) is 46.5 Å². The molecule has 0 radical (unpaired) electrons. The van der Waals surface area contributed by atoms with Crippen LogP contribution in [0.1, 0.15) is 27.2 Å². The number of carboxylic acid groups (broad SMARTS) is 1. The Morgan fingerprint density at radius 2 is 1.52 bits per heavy atom. The van der Waals surface area contributed by atoms with Crippen molar-refractivity contribution in [2.24, 2.45) is 0 Å². The maximum absolute atomic E-state index is 11.3. The van der Waals surface area contributed by atoms with Crippen LogP contribution in [0.25, 0.3) is 0 Å². The second-order valence-electron chi connectivity index (χ2n) is 7.15. The molecule has 2 aromatic carbocycles. The van der Waals surface area contributed by atoms with Crippen LogP contribution in [0.2, 0.25) is 5.04 Å². The number of benzene rings is 2. The molecule has 0 aromatic heterocycles. The lowest BCUT2D eigenvalue weighted by atomic mass is 10.2. The molecule has 0 aliphatic rings. The number of aliphatic carboxylic acids is 1. The SMILES string of the molecule is C=CC(CC(=O)O)O[Si](c1ccccc1)(c1ccccc1)C(C)(C)C. The number of hydrogen-bond donors (Lipinski definition) is 1. The minimum absolute atomic E-state index is 0.0893. The first-order chi connectivity index (χ1) is 11.8. The summed E-state index contributed by atoms with van der Waals surface area (Å²) < 4.78 is 6.67. The summed E-state index contributed by atoms with van der Waals surface area (Å²) >= 11 is 0. The van der Waals surface area contributed by atoms with Gasteiger partial charge in [0.2, 0.25) is 0 Å². The molecular weight excluding hydrogens is 328 g/mol. The van der Waals surface area contributed by atoms with Crippen LogP contribution in [0.5, 0.6) is 0 Å². The van der Waals surface area contributed by atoms with E-state index in [1.165, 1.54) is 0 Å². The van der Waals surface area contributed by atoms with Gasteiger partial charge in [0.25, 0.3) is 8.32 Å². The lowest BCUT2D eigenvalue weighted by Gasteiger charge is -2.44. The van der Waals surface area contributed by atoms with Crippen molar-refractivity contribution in [1.82, 2.24) is 0 Å². The molecule has 0 spiro atoms. The molecular formula is C21H26O3Si. The number of carbonyl (C=O) groups is 1. The minimum Gasteiger partial charge on any atom is -0.481 e. The van der Waals surface area contributed by atoms with E-state index in [9.17, 15) is 9.90 Å². The third-order valence-corrected chi connectivity index (χ3v) is 9.45. The molecule has 4 heteroatoms. The summed E-state index contributed by atoms with van der Waals surface area (Å²) in [4.78, 5) is 11.3. The summed E-state index contributed by atoms with van der Waals surface area (Å²) in [6.07, 6.45) is 0.977. The minimum atomic E-state index is -2.73. The van der Waals surface area contributed by atoms with Gasteiger partial charge >= 0.3 is 5.97 Å². The van der Waals surface area contributed by atoms with Crippen molar-refractivity contribution >= 4 is 24.7 Å². The molecule has 0 bridgehead atoms. The van der Waals surface area contributed by atoms with Crippen LogP contribution in [0, 0.1) is 0 Å². The fourth-order valence-corrected chi connectivity index (χ4v) is 7.91. The van der Waals surface area contributed by atoms with Gasteiger partial charge in [-0.1, -0.05) is 87.5 Å². The Kier molecular flexibility index (Phi) is 5.98. The van der Waals surface area contributed by atoms with Gasteiger partial charge in [-0.15, -0.1) is 6.58 Å². The summed E-state index contributed by atoms with van der Waals surface area (Å²) in [7, 11) is -2.73. The third-order valence-electron chi connectivity index (χ3n) is 4.38. The zero-order valence-corrected chi connectivity index (χ0v) is 16.1. The predicted octanol–water partition coefficient (Wildman–Crippen LogP) is 3.59. The molecule has 1 atom stereocenters. The molecule has 25 heavy (non-hydrogen) atoms. The van der Waals surface area contributed by atoms with Gasteiger partial charge in [-0.3, -0.25) is 4.79 Å². The van der Waals surface area contributed by atoms with E-state index in [0.29, 0.717) is 0 Å². The van der Waals surface area contributed by atoms with Crippen molar-refractivity contribution in [2.45, 2.75) is 38.3 Å².